The van der Waals surface area contributed by atoms with Gasteiger partial charge in [-0.05, 0) is 56.1 Å². The molecule has 190 valence electrons. The van der Waals surface area contributed by atoms with Crippen LogP contribution in [0, 0.1) is 23.7 Å². The summed E-state index contributed by atoms with van der Waals surface area (Å²) in [6.07, 6.45) is 1.53. The second-order valence-corrected chi connectivity index (χ2v) is 13.1. The van der Waals surface area contributed by atoms with Gasteiger partial charge in [0.15, 0.2) is 0 Å². The molecule has 5 atom stereocenters. The number of rotatable bonds is 7. The van der Waals surface area contributed by atoms with Gasteiger partial charge in [-0.25, -0.2) is 8.42 Å². The van der Waals surface area contributed by atoms with Gasteiger partial charge in [0.2, 0.25) is 15.9 Å². The van der Waals surface area contributed by atoms with Crippen LogP contribution in [-0.2, 0) is 14.8 Å². The van der Waals surface area contributed by atoms with Crippen molar-refractivity contribution in [3.05, 3.63) is 29.8 Å². The molecule has 1 heterocycles. The predicted octanol–water partition coefficient (Wildman–Crippen LogP) is 1.47. The molecule has 9 heteroatoms. The Hall–Kier alpha value is -1.68. The van der Waals surface area contributed by atoms with Crippen molar-refractivity contribution in [2.45, 2.75) is 65.1 Å². The number of nitrogens with zero attached hydrogens (tertiary/aromatic N) is 2. The fourth-order valence-electron chi connectivity index (χ4n) is 6.65. The van der Waals surface area contributed by atoms with Crippen molar-refractivity contribution >= 4 is 21.6 Å². The molecule has 1 aromatic carbocycles. The standard InChI is InChI=1S/C25H40N4O4S/c1-17-7-5-6-8-20(17)28-11-13-29(14-12-28)34(32,33)16-25-10-9-19(24(25,3)4)15-21(25)27-23(31)22(26)18(2)30/h5-8,18-19,21-22,30H,9-16,26H2,1-4H3,(H,27,31)/t18-,19?,21?,22+,25?/m1/s1. The Balaban J connectivity index is 1.50. The highest BCUT2D eigenvalue weighted by Gasteiger charge is 2.66. The summed E-state index contributed by atoms with van der Waals surface area (Å²) in [5.41, 5.74) is 7.46. The summed E-state index contributed by atoms with van der Waals surface area (Å²) in [7, 11) is -3.53. The first-order chi connectivity index (χ1) is 15.9. The van der Waals surface area contributed by atoms with Gasteiger partial charge in [-0.1, -0.05) is 32.0 Å². The third-order valence-electron chi connectivity index (χ3n) is 9.10. The van der Waals surface area contributed by atoms with Gasteiger partial charge in [0.25, 0.3) is 0 Å². The number of piperazine rings is 1. The number of benzene rings is 1. The largest absolute Gasteiger partial charge is 0.391 e. The van der Waals surface area contributed by atoms with E-state index in [2.05, 4.69) is 43.1 Å². The molecular weight excluding hydrogens is 452 g/mol. The van der Waals surface area contributed by atoms with Crippen LogP contribution >= 0.6 is 0 Å². The molecule has 4 rings (SSSR count). The van der Waals surface area contributed by atoms with E-state index >= 15 is 0 Å². The van der Waals surface area contributed by atoms with E-state index in [0.29, 0.717) is 32.1 Å². The molecule has 3 aliphatic rings. The zero-order valence-corrected chi connectivity index (χ0v) is 21.6. The average Bonchev–Trinajstić information content (AvgIpc) is 3.13. The maximum absolute atomic E-state index is 13.7. The molecule has 1 saturated heterocycles. The van der Waals surface area contributed by atoms with Gasteiger partial charge in [-0.3, -0.25) is 4.79 Å². The topological polar surface area (TPSA) is 116 Å². The van der Waals surface area contributed by atoms with Crippen molar-refractivity contribution in [1.29, 1.82) is 0 Å². The van der Waals surface area contributed by atoms with Crippen LogP contribution in [0.1, 0.15) is 45.6 Å². The Morgan fingerprint density at radius 3 is 2.47 bits per heavy atom. The first-order valence-electron chi connectivity index (χ1n) is 12.4. The number of carbonyl (C=O) groups excluding carboxylic acids is 1. The van der Waals surface area contributed by atoms with Gasteiger partial charge < -0.3 is 21.1 Å². The molecule has 3 fully saturated rings. The molecule has 3 unspecified atom stereocenters. The number of hydrogen-bond acceptors (Lipinski definition) is 6. The molecule has 1 amide bonds. The SMILES string of the molecule is Cc1ccccc1N1CCN(S(=O)(=O)CC23CCC(CC2NC(=O)[C@@H](N)[C@@H](C)O)C3(C)C)CC1. The zero-order chi connectivity index (χ0) is 24.9. The minimum absolute atomic E-state index is 0.0305. The molecule has 2 bridgehead atoms. The summed E-state index contributed by atoms with van der Waals surface area (Å²) in [4.78, 5) is 14.9. The van der Waals surface area contributed by atoms with Crippen LogP contribution in [0.2, 0.25) is 0 Å². The number of nitrogens with one attached hydrogen (secondary N) is 1. The molecule has 2 aliphatic carbocycles. The summed E-state index contributed by atoms with van der Waals surface area (Å²) in [6.45, 7) is 10.1. The molecule has 1 aliphatic heterocycles. The van der Waals surface area contributed by atoms with Crippen LogP contribution < -0.4 is 16.0 Å². The monoisotopic (exact) mass is 492 g/mol. The molecule has 4 N–H and O–H groups in total. The number of aryl methyl sites for hydroxylation is 1. The minimum Gasteiger partial charge on any atom is -0.391 e. The van der Waals surface area contributed by atoms with Crippen LogP contribution in [0.3, 0.4) is 0 Å². The molecule has 34 heavy (non-hydrogen) atoms. The summed E-state index contributed by atoms with van der Waals surface area (Å²) < 4.78 is 29.1. The van der Waals surface area contributed by atoms with Crippen LogP contribution in [0.15, 0.2) is 24.3 Å². The maximum Gasteiger partial charge on any atom is 0.239 e. The van der Waals surface area contributed by atoms with Gasteiger partial charge >= 0.3 is 0 Å². The van der Waals surface area contributed by atoms with Crippen molar-refractivity contribution in [3.63, 3.8) is 0 Å². The highest BCUT2D eigenvalue weighted by atomic mass is 32.2. The highest BCUT2D eigenvalue weighted by molar-refractivity contribution is 7.89. The average molecular weight is 493 g/mol. The number of para-hydroxylation sites is 1. The van der Waals surface area contributed by atoms with Gasteiger partial charge in [-0.15, -0.1) is 0 Å². The maximum atomic E-state index is 13.7. The van der Waals surface area contributed by atoms with E-state index in [1.165, 1.54) is 12.5 Å². The fourth-order valence-corrected chi connectivity index (χ4v) is 8.92. The van der Waals surface area contributed by atoms with E-state index in [1.807, 2.05) is 12.1 Å². The lowest BCUT2D eigenvalue weighted by Gasteiger charge is -2.44. The van der Waals surface area contributed by atoms with E-state index in [4.69, 9.17) is 5.73 Å². The van der Waals surface area contributed by atoms with Crippen molar-refractivity contribution in [2.75, 3.05) is 36.8 Å². The van der Waals surface area contributed by atoms with E-state index < -0.39 is 33.5 Å². The summed E-state index contributed by atoms with van der Waals surface area (Å²) in [5, 5.41) is 12.8. The lowest BCUT2D eigenvalue weighted by Crippen LogP contribution is -2.58. The van der Waals surface area contributed by atoms with Crippen molar-refractivity contribution in [2.24, 2.45) is 22.5 Å². The second kappa shape index (κ2) is 9.08. The molecule has 0 spiro atoms. The van der Waals surface area contributed by atoms with Crippen LogP contribution in [0.4, 0.5) is 5.69 Å². The Bertz CT molecular complexity index is 1020. The Labute approximate surface area is 203 Å². The van der Waals surface area contributed by atoms with E-state index in [0.717, 1.165) is 24.9 Å². The number of aliphatic hydroxyl groups is 1. The third-order valence-corrected chi connectivity index (χ3v) is 11.1. The quantitative estimate of drug-likeness (QED) is 0.531. The van der Waals surface area contributed by atoms with Crippen molar-refractivity contribution < 1.29 is 18.3 Å². The zero-order valence-electron chi connectivity index (χ0n) is 20.8. The Morgan fingerprint density at radius 1 is 1.24 bits per heavy atom. The number of amides is 1. The predicted molar refractivity (Wildman–Crippen MR) is 134 cm³/mol. The fraction of sp³-hybridized carbons (Fsp3) is 0.720. The van der Waals surface area contributed by atoms with Gasteiger partial charge in [-0.2, -0.15) is 4.31 Å². The number of carbonyl (C=O) groups is 1. The number of sulfonamides is 1. The van der Waals surface area contributed by atoms with Crippen LogP contribution in [0.25, 0.3) is 0 Å². The molecule has 1 aromatic rings. The molecule has 0 radical (unpaired) electrons. The van der Waals surface area contributed by atoms with E-state index in [1.54, 1.807) is 4.31 Å². The van der Waals surface area contributed by atoms with Gasteiger partial charge in [0.1, 0.15) is 6.04 Å². The molecule has 8 nitrogen and oxygen atoms in total. The van der Waals surface area contributed by atoms with Crippen LogP contribution in [-0.4, -0.2) is 73.9 Å². The molecule has 0 aromatic heterocycles. The number of anilines is 1. The second-order valence-electron chi connectivity index (χ2n) is 11.1. The number of hydrogen-bond donors (Lipinski definition) is 3. The smallest absolute Gasteiger partial charge is 0.239 e. The lowest BCUT2D eigenvalue weighted by molar-refractivity contribution is -0.126. The normalized spacial score (nSPS) is 30.8. The first-order valence-corrected chi connectivity index (χ1v) is 14.0. The number of fused-ring (bicyclic) bond motifs is 2. The number of nitrogens with two attached hydrogens (primary N) is 1. The highest BCUT2D eigenvalue weighted by Crippen LogP contribution is 2.66. The van der Waals surface area contributed by atoms with Gasteiger partial charge in [0.05, 0.1) is 11.9 Å². The van der Waals surface area contributed by atoms with Crippen molar-refractivity contribution in [1.82, 2.24) is 9.62 Å². The lowest BCUT2D eigenvalue weighted by atomic mass is 9.69. The van der Waals surface area contributed by atoms with E-state index in [-0.39, 0.29) is 17.2 Å². The Kier molecular flexibility index (Phi) is 6.78. The molecular formula is C25H40N4O4S. The summed E-state index contributed by atoms with van der Waals surface area (Å²) in [5.74, 6) is -0.0245. The summed E-state index contributed by atoms with van der Waals surface area (Å²) in [6, 6.07) is 6.91. The summed E-state index contributed by atoms with van der Waals surface area (Å²) >= 11 is 0. The van der Waals surface area contributed by atoms with Gasteiger partial charge in [0, 0.05) is 43.3 Å². The molecule has 2 saturated carbocycles. The first kappa shape index (κ1) is 25.4. The number of aliphatic hydroxyl groups excluding tert-OH is 1. The minimum atomic E-state index is -3.53. The van der Waals surface area contributed by atoms with Crippen molar-refractivity contribution in [3.8, 4) is 0 Å². The Morgan fingerprint density at radius 2 is 1.88 bits per heavy atom. The van der Waals surface area contributed by atoms with Crippen LogP contribution in [0.5, 0.6) is 0 Å². The third kappa shape index (κ3) is 4.25. The van der Waals surface area contributed by atoms with E-state index in [9.17, 15) is 18.3 Å².